The maximum atomic E-state index is 12.9. The lowest BCUT2D eigenvalue weighted by atomic mass is 9.95. The van der Waals surface area contributed by atoms with E-state index in [2.05, 4.69) is 20.8 Å². The molecule has 134 valence electrons. The van der Waals surface area contributed by atoms with Crippen molar-refractivity contribution in [2.75, 3.05) is 25.9 Å². The molecule has 25 heavy (non-hydrogen) atoms. The average molecular weight is 340 g/mol. The van der Waals surface area contributed by atoms with Crippen LogP contribution in [-0.4, -0.2) is 31.0 Å². The minimum Gasteiger partial charge on any atom is -0.497 e. The number of nitrogen functional groups attached to an aromatic ring is 1. The number of hydrogen-bond acceptors (Lipinski definition) is 3. The van der Waals surface area contributed by atoms with Gasteiger partial charge in [0.2, 0.25) is 0 Å². The van der Waals surface area contributed by atoms with Crippen molar-refractivity contribution in [1.82, 2.24) is 4.90 Å². The van der Waals surface area contributed by atoms with E-state index >= 15 is 0 Å². The molecule has 0 saturated heterocycles. The van der Waals surface area contributed by atoms with Crippen molar-refractivity contribution >= 4 is 11.6 Å². The minimum atomic E-state index is 0.0237. The first-order valence-electron chi connectivity index (χ1n) is 8.56. The van der Waals surface area contributed by atoms with E-state index in [1.807, 2.05) is 41.3 Å². The fourth-order valence-corrected chi connectivity index (χ4v) is 2.74. The van der Waals surface area contributed by atoms with Crippen molar-refractivity contribution < 1.29 is 9.53 Å². The predicted molar refractivity (Wildman–Crippen MR) is 103 cm³/mol. The molecule has 4 heteroatoms. The number of anilines is 1. The molecular weight excluding hydrogens is 312 g/mol. The van der Waals surface area contributed by atoms with Crippen molar-refractivity contribution in [2.24, 2.45) is 5.41 Å². The molecule has 2 aromatic rings. The average Bonchev–Trinajstić information content (AvgIpc) is 2.57. The van der Waals surface area contributed by atoms with Gasteiger partial charge >= 0.3 is 0 Å². The minimum absolute atomic E-state index is 0.0237. The summed E-state index contributed by atoms with van der Waals surface area (Å²) in [6.45, 7) is 7.77. The third kappa shape index (κ3) is 5.82. The molecule has 0 heterocycles. The topological polar surface area (TPSA) is 55.6 Å². The molecule has 0 fully saturated rings. The van der Waals surface area contributed by atoms with Gasteiger partial charge in [-0.05, 0) is 47.7 Å². The van der Waals surface area contributed by atoms with Crippen LogP contribution in [0.4, 0.5) is 5.69 Å². The molecule has 2 aromatic carbocycles. The number of methoxy groups -OCH3 is 1. The Kier molecular flexibility index (Phi) is 6.07. The van der Waals surface area contributed by atoms with Crippen LogP contribution in [0.5, 0.6) is 5.75 Å². The number of rotatable bonds is 6. The molecule has 0 aliphatic carbocycles. The van der Waals surface area contributed by atoms with E-state index in [0.717, 1.165) is 12.2 Å². The lowest BCUT2D eigenvalue weighted by Crippen LogP contribution is -2.39. The van der Waals surface area contributed by atoms with E-state index in [-0.39, 0.29) is 11.3 Å². The maximum absolute atomic E-state index is 12.9. The summed E-state index contributed by atoms with van der Waals surface area (Å²) in [7, 11) is 1.66. The van der Waals surface area contributed by atoms with E-state index < -0.39 is 0 Å². The summed E-state index contributed by atoms with van der Waals surface area (Å²) >= 11 is 0. The molecule has 0 saturated carbocycles. The Morgan fingerprint density at radius 2 is 1.80 bits per heavy atom. The first kappa shape index (κ1) is 18.8. The fraction of sp³-hybridized carbons (Fsp3) is 0.381. The zero-order valence-corrected chi connectivity index (χ0v) is 15.6. The zero-order chi connectivity index (χ0) is 18.4. The molecule has 0 atom stereocenters. The Balaban J connectivity index is 2.13. The fourth-order valence-electron chi connectivity index (χ4n) is 2.74. The molecule has 0 radical (unpaired) electrons. The number of ether oxygens (including phenoxy) is 1. The van der Waals surface area contributed by atoms with Gasteiger partial charge in [0.05, 0.1) is 7.11 Å². The summed E-state index contributed by atoms with van der Waals surface area (Å²) in [5.74, 6) is 0.863. The number of nitrogens with two attached hydrogens (primary N) is 1. The first-order chi connectivity index (χ1) is 11.8. The van der Waals surface area contributed by atoms with Crippen LogP contribution < -0.4 is 10.5 Å². The predicted octanol–water partition coefficient (Wildman–Crippen LogP) is 4.01. The smallest absolute Gasteiger partial charge is 0.253 e. The Morgan fingerprint density at radius 3 is 2.36 bits per heavy atom. The first-order valence-corrected chi connectivity index (χ1v) is 8.56. The number of hydrogen-bond donors (Lipinski definition) is 1. The third-order valence-electron chi connectivity index (χ3n) is 3.92. The van der Waals surface area contributed by atoms with Gasteiger partial charge in [-0.3, -0.25) is 4.79 Å². The Morgan fingerprint density at radius 1 is 1.12 bits per heavy atom. The van der Waals surface area contributed by atoms with Gasteiger partial charge in [-0.1, -0.05) is 39.0 Å². The lowest BCUT2D eigenvalue weighted by molar-refractivity contribution is 0.0698. The molecule has 0 aromatic heterocycles. The molecule has 2 N–H and O–H groups in total. The second-order valence-corrected chi connectivity index (χ2v) is 7.51. The third-order valence-corrected chi connectivity index (χ3v) is 3.92. The SMILES string of the molecule is COc1ccc(CCN(CC(C)(C)C)C(=O)c2cccc(N)c2)cc1. The summed E-state index contributed by atoms with van der Waals surface area (Å²) in [6.07, 6.45) is 0.800. The zero-order valence-electron chi connectivity index (χ0n) is 15.6. The Bertz CT molecular complexity index is 703. The van der Waals surface area contributed by atoms with Crippen molar-refractivity contribution in [3.05, 3.63) is 59.7 Å². The van der Waals surface area contributed by atoms with E-state index in [1.54, 1.807) is 19.2 Å². The van der Waals surface area contributed by atoms with Gasteiger partial charge in [0.15, 0.2) is 0 Å². The molecule has 0 spiro atoms. The van der Waals surface area contributed by atoms with Gasteiger partial charge in [-0.2, -0.15) is 0 Å². The van der Waals surface area contributed by atoms with Crippen molar-refractivity contribution in [3.63, 3.8) is 0 Å². The van der Waals surface area contributed by atoms with Gasteiger partial charge < -0.3 is 15.4 Å². The van der Waals surface area contributed by atoms with Crippen molar-refractivity contribution in [3.8, 4) is 5.75 Å². The summed E-state index contributed by atoms with van der Waals surface area (Å²) in [5.41, 5.74) is 8.28. The van der Waals surface area contributed by atoms with Crippen LogP contribution in [-0.2, 0) is 6.42 Å². The van der Waals surface area contributed by atoms with E-state index in [1.165, 1.54) is 5.56 Å². The van der Waals surface area contributed by atoms with Gasteiger partial charge in [0.1, 0.15) is 5.75 Å². The van der Waals surface area contributed by atoms with Crippen LogP contribution in [0.3, 0.4) is 0 Å². The van der Waals surface area contributed by atoms with Gasteiger partial charge in [0.25, 0.3) is 5.91 Å². The molecule has 0 aliphatic rings. The quantitative estimate of drug-likeness (QED) is 0.809. The van der Waals surface area contributed by atoms with Crippen LogP contribution in [0.1, 0.15) is 36.7 Å². The summed E-state index contributed by atoms with van der Waals surface area (Å²) in [6, 6.07) is 15.2. The molecule has 0 bridgehead atoms. The number of nitrogens with zero attached hydrogens (tertiary/aromatic N) is 1. The van der Waals surface area contributed by atoms with Crippen molar-refractivity contribution in [1.29, 1.82) is 0 Å². The summed E-state index contributed by atoms with van der Waals surface area (Å²) in [4.78, 5) is 14.9. The standard InChI is InChI=1S/C21H28N2O2/c1-21(2,3)15-23(20(24)17-6-5-7-18(22)14-17)13-12-16-8-10-19(25-4)11-9-16/h5-11,14H,12-13,15,22H2,1-4H3. The van der Waals surface area contributed by atoms with Crippen molar-refractivity contribution in [2.45, 2.75) is 27.2 Å². The highest BCUT2D eigenvalue weighted by molar-refractivity contribution is 5.95. The highest BCUT2D eigenvalue weighted by atomic mass is 16.5. The molecule has 1 amide bonds. The molecule has 4 nitrogen and oxygen atoms in total. The van der Waals surface area contributed by atoms with E-state index in [9.17, 15) is 4.79 Å². The molecule has 2 rings (SSSR count). The largest absolute Gasteiger partial charge is 0.497 e. The maximum Gasteiger partial charge on any atom is 0.253 e. The number of amides is 1. The molecule has 0 aliphatic heterocycles. The van der Waals surface area contributed by atoms with Crippen LogP contribution in [0, 0.1) is 5.41 Å². The summed E-state index contributed by atoms with van der Waals surface area (Å²) in [5, 5.41) is 0. The molecule has 0 unspecified atom stereocenters. The highest BCUT2D eigenvalue weighted by Gasteiger charge is 2.22. The van der Waals surface area contributed by atoms with Crippen LogP contribution in [0.15, 0.2) is 48.5 Å². The van der Waals surface area contributed by atoms with Crippen LogP contribution in [0.2, 0.25) is 0 Å². The number of benzene rings is 2. The number of carbonyl (C=O) groups is 1. The number of carbonyl (C=O) groups excluding carboxylic acids is 1. The normalized spacial score (nSPS) is 11.2. The van der Waals surface area contributed by atoms with Gasteiger partial charge in [-0.15, -0.1) is 0 Å². The van der Waals surface area contributed by atoms with Crippen LogP contribution >= 0.6 is 0 Å². The Hall–Kier alpha value is -2.49. The van der Waals surface area contributed by atoms with E-state index in [0.29, 0.717) is 24.3 Å². The monoisotopic (exact) mass is 340 g/mol. The van der Waals surface area contributed by atoms with Gasteiger partial charge in [0, 0.05) is 24.3 Å². The Labute approximate surface area is 150 Å². The lowest BCUT2D eigenvalue weighted by Gasteiger charge is -2.30. The van der Waals surface area contributed by atoms with Crippen LogP contribution in [0.25, 0.3) is 0 Å². The second-order valence-electron chi connectivity index (χ2n) is 7.51. The highest BCUT2D eigenvalue weighted by Crippen LogP contribution is 2.19. The second kappa shape index (κ2) is 8.06. The summed E-state index contributed by atoms with van der Waals surface area (Å²) < 4.78 is 5.19. The molecular formula is C21H28N2O2. The van der Waals surface area contributed by atoms with Gasteiger partial charge in [-0.25, -0.2) is 0 Å². The van der Waals surface area contributed by atoms with E-state index in [4.69, 9.17) is 10.5 Å².